The lowest BCUT2D eigenvalue weighted by atomic mass is 10.0. The van der Waals surface area contributed by atoms with Gasteiger partial charge in [0.1, 0.15) is 12.4 Å². The number of likely N-dealkylation sites (N-methyl/N-ethyl adjacent to an activating group) is 1. The van der Waals surface area contributed by atoms with Gasteiger partial charge < -0.3 is 19.4 Å². The van der Waals surface area contributed by atoms with Gasteiger partial charge in [-0.15, -0.1) is 0 Å². The highest BCUT2D eigenvalue weighted by atomic mass is 35.5. The minimum Gasteiger partial charge on any atom is -0.462 e. The quantitative estimate of drug-likeness (QED) is 0.243. The van der Waals surface area contributed by atoms with Crippen molar-refractivity contribution >= 4 is 56.7 Å². The summed E-state index contributed by atoms with van der Waals surface area (Å²) in [7, 11) is 2.10. The Kier molecular flexibility index (Phi) is 8.35. The number of nitrogens with zero attached hydrogens (tertiary/aromatic N) is 7. The number of carbonyl (C=O) groups is 1. The Balaban J connectivity index is 1.45. The summed E-state index contributed by atoms with van der Waals surface area (Å²) in [5.41, 5.74) is 1.79. The number of hydrogen-bond acceptors (Lipinski definition) is 8. The predicted molar refractivity (Wildman–Crippen MR) is 170 cm³/mol. The molecule has 2 atom stereocenters. The van der Waals surface area contributed by atoms with Gasteiger partial charge in [-0.25, -0.2) is 4.98 Å². The van der Waals surface area contributed by atoms with E-state index in [-0.39, 0.29) is 30.4 Å². The fourth-order valence-electron chi connectivity index (χ4n) is 6.08. The van der Waals surface area contributed by atoms with E-state index < -0.39 is 0 Å². The van der Waals surface area contributed by atoms with E-state index in [1.165, 1.54) is 6.08 Å². The lowest BCUT2D eigenvalue weighted by Crippen LogP contribution is -2.55. The number of rotatable bonds is 7. The predicted octanol–water partition coefficient (Wildman–Crippen LogP) is 5.74. The first-order chi connectivity index (χ1) is 20.9. The number of piperazine rings is 1. The van der Waals surface area contributed by atoms with Crippen molar-refractivity contribution in [3.05, 3.63) is 65.2 Å². The molecule has 43 heavy (non-hydrogen) atoms. The molecule has 0 N–H and O–H groups in total. The zero-order valence-electron chi connectivity index (χ0n) is 23.8. The van der Waals surface area contributed by atoms with Crippen LogP contribution in [0.2, 0.25) is 10.0 Å². The second-order valence-electron chi connectivity index (χ2n) is 10.9. The van der Waals surface area contributed by atoms with E-state index in [1.54, 1.807) is 4.90 Å². The van der Waals surface area contributed by atoms with Crippen LogP contribution in [0.5, 0.6) is 6.01 Å². The maximum Gasteiger partial charge on any atom is 0.320 e. The molecule has 0 bridgehead atoms. The molecule has 0 aliphatic carbocycles. The highest BCUT2D eigenvalue weighted by Gasteiger charge is 2.32. The van der Waals surface area contributed by atoms with Crippen molar-refractivity contribution in [1.82, 2.24) is 24.8 Å². The maximum absolute atomic E-state index is 12.5. The lowest BCUT2D eigenvalue weighted by molar-refractivity contribution is -0.128. The number of hydrogen-bond donors (Lipinski definition) is 0. The lowest BCUT2D eigenvalue weighted by Gasteiger charge is -2.41. The van der Waals surface area contributed by atoms with Crippen molar-refractivity contribution in [2.45, 2.75) is 31.3 Å². The second-order valence-corrected chi connectivity index (χ2v) is 11.8. The van der Waals surface area contributed by atoms with Gasteiger partial charge in [0.2, 0.25) is 5.91 Å². The van der Waals surface area contributed by atoms with E-state index in [0.717, 1.165) is 35.7 Å². The van der Waals surface area contributed by atoms with Gasteiger partial charge in [-0.05, 0) is 50.0 Å². The third-order valence-electron chi connectivity index (χ3n) is 8.35. The molecule has 2 fully saturated rings. The highest BCUT2D eigenvalue weighted by Crippen LogP contribution is 2.39. The molecular formula is C32H31Cl2N7O2. The fourth-order valence-corrected chi connectivity index (χ4v) is 6.61. The molecule has 11 heteroatoms. The van der Waals surface area contributed by atoms with Crippen molar-refractivity contribution in [3.63, 3.8) is 0 Å². The van der Waals surface area contributed by atoms with Gasteiger partial charge >= 0.3 is 6.01 Å². The van der Waals surface area contributed by atoms with Crippen molar-refractivity contribution in [2.24, 2.45) is 0 Å². The number of aromatic nitrogens is 3. The number of amides is 1. The van der Waals surface area contributed by atoms with Crippen LogP contribution in [-0.2, 0) is 4.79 Å². The molecule has 0 unspecified atom stereocenters. The number of anilines is 1. The molecule has 2 aliphatic rings. The SMILES string of the molecule is C=CC(=O)N1CCN(c2nc(OC[C@@H]3CCCN3C)nc3nc(-c4cccc5cccc(Cl)c45)c(Cl)cc23)C[C@@H]1CC#N. The average molecular weight is 617 g/mol. The number of carbonyl (C=O) groups excluding carboxylic acids is 1. The molecule has 4 aromatic rings. The van der Waals surface area contributed by atoms with E-state index in [9.17, 15) is 10.1 Å². The number of likely N-dealkylation sites (tertiary alicyclic amines) is 1. The van der Waals surface area contributed by atoms with Gasteiger partial charge in [-0.2, -0.15) is 15.2 Å². The van der Waals surface area contributed by atoms with Gasteiger partial charge in [-0.1, -0.05) is 60.1 Å². The molecule has 2 aromatic carbocycles. The van der Waals surface area contributed by atoms with Crippen LogP contribution in [-0.4, -0.2) is 82.6 Å². The Labute approximate surface area is 260 Å². The van der Waals surface area contributed by atoms with Crippen LogP contribution in [0.4, 0.5) is 5.82 Å². The fraction of sp³-hybridized carbons (Fsp3) is 0.344. The largest absolute Gasteiger partial charge is 0.462 e. The van der Waals surface area contributed by atoms with E-state index >= 15 is 0 Å². The molecule has 6 rings (SSSR count). The Morgan fingerprint density at radius 1 is 1.12 bits per heavy atom. The van der Waals surface area contributed by atoms with Crippen molar-refractivity contribution in [2.75, 3.05) is 44.7 Å². The zero-order valence-corrected chi connectivity index (χ0v) is 25.4. The van der Waals surface area contributed by atoms with Gasteiger partial charge in [0.05, 0.1) is 34.6 Å². The third kappa shape index (κ3) is 5.70. The maximum atomic E-state index is 12.5. The number of fused-ring (bicyclic) bond motifs is 2. The summed E-state index contributed by atoms with van der Waals surface area (Å²) in [6, 6.07) is 15.9. The Morgan fingerprint density at radius 2 is 1.93 bits per heavy atom. The van der Waals surface area contributed by atoms with Crippen LogP contribution in [0.1, 0.15) is 19.3 Å². The van der Waals surface area contributed by atoms with Crippen LogP contribution in [0, 0.1) is 11.3 Å². The van der Waals surface area contributed by atoms with Gasteiger partial charge in [0.15, 0.2) is 5.65 Å². The Morgan fingerprint density at radius 3 is 2.67 bits per heavy atom. The average Bonchev–Trinajstić information content (AvgIpc) is 3.43. The Hall–Kier alpha value is -3.97. The van der Waals surface area contributed by atoms with E-state index in [1.807, 2.05) is 42.5 Å². The summed E-state index contributed by atoms with van der Waals surface area (Å²) >= 11 is 13.6. The van der Waals surface area contributed by atoms with Crippen LogP contribution < -0.4 is 9.64 Å². The summed E-state index contributed by atoms with van der Waals surface area (Å²) in [5.74, 6) is 0.408. The normalized spacial score (nSPS) is 19.1. The first-order valence-corrected chi connectivity index (χ1v) is 15.1. The van der Waals surface area contributed by atoms with Crippen LogP contribution >= 0.6 is 23.2 Å². The minimum absolute atomic E-state index is 0.182. The number of halogens is 2. The molecule has 2 aromatic heterocycles. The van der Waals surface area contributed by atoms with Crippen LogP contribution in [0.25, 0.3) is 33.1 Å². The van der Waals surface area contributed by atoms with Crippen molar-refractivity contribution < 1.29 is 9.53 Å². The molecule has 0 radical (unpaired) electrons. The Bertz CT molecular complexity index is 1750. The minimum atomic E-state index is -0.327. The summed E-state index contributed by atoms with van der Waals surface area (Å²) in [6.45, 7) is 6.43. The summed E-state index contributed by atoms with van der Waals surface area (Å²) in [5, 5.41) is 13.0. The van der Waals surface area contributed by atoms with E-state index in [0.29, 0.717) is 58.8 Å². The van der Waals surface area contributed by atoms with Gasteiger partial charge in [-0.3, -0.25) is 4.79 Å². The molecule has 2 saturated heterocycles. The number of pyridine rings is 1. The third-order valence-corrected chi connectivity index (χ3v) is 8.96. The molecule has 4 heterocycles. The molecule has 9 nitrogen and oxygen atoms in total. The molecule has 220 valence electrons. The van der Waals surface area contributed by atoms with Crippen molar-refractivity contribution in [1.29, 1.82) is 5.26 Å². The number of ether oxygens (including phenoxy) is 1. The van der Waals surface area contributed by atoms with Crippen LogP contribution in [0.15, 0.2) is 55.1 Å². The zero-order chi connectivity index (χ0) is 30.1. The monoisotopic (exact) mass is 615 g/mol. The summed E-state index contributed by atoms with van der Waals surface area (Å²) < 4.78 is 6.20. The number of benzene rings is 2. The molecule has 0 saturated carbocycles. The van der Waals surface area contributed by atoms with Gasteiger partial charge in [0, 0.05) is 41.6 Å². The highest BCUT2D eigenvalue weighted by molar-refractivity contribution is 6.38. The number of nitriles is 1. The van der Waals surface area contributed by atoms with Crippen molar-refractivity contribution in [3.8, 4) is 23.3 Å². The molecule has 0 spiro atoms. The first kappa shape index (κ1) is 29.1. The molecule has 2 aliphatic heterocycles. The van der Waals surface area contributed by atoms with E-state index in [2.05, 4.69) is 29.5 Å². The molecule has 1 amide bonds. The van der Waals surface area contributed by atoms with Crippen LogP contribution in [0.3, 0.4) is 0 Å². The topological polar surface area (TPSA) is 98.5 Å². The van der Waals surface area contributed by atoms with E-state index in [4.69, 9.17) is 42.9 Å². The van der Waals surface area contributed by atoms with Gasteiger partial charge in [0.25, 0.3) is 0 Å². The first-order valence-electron chi connectivity index (χ1n) is 14.3. The summed E-state index contributed by atoms with van der Waals surface area (Å²) in [4.78, 5) is 33.1. The standard InChI is InChI=1S/C32H31Cl2N7O2/c1-3-27(42)41-16-15-40(18-21(41)12-13-35)31-24-17-26(34)29(23-10-4-7-20-8-5-11-25(33)28(20)23)36-30(24)37-32(38-31)43-19-22-9-6-14-39(22)2/h3-5,7-8,10-11,17,21-22H,1,6,9,12,14-16,18-19H2,2H3/t21-,22-/m0/s1. The smallest absolute Gasteiger partial charge is 0.320 e. The molecular weight excluding hydrogens is 585 g/mol. The summed E-state index contributed by atoms with van der Waals surface area (Å²) in [6.07, 6.45) is 3.64. The second kappa shape index (κ2) is 12.3.